The molecular formula is C22H20ClN3O4S. The van der Waals surface area contributed by atoms with Crippen LogP contribution in [0.1, 0.15) is 5.56 Å². The number of pyridine rings is 1. The van der Waals surface area contributed by atoms with Crippen LogP contribution in [-0.4, -0.2) is 32.0 Å². The van der Waals surface area contributed by atoms with Crippen LogP contribution in [0.15, 0.2) is 65.8 Å². The molecule has 0 saturated heterocycles. The number of aromatic nitrogens is 2. The van der Waals surface area contributed by atoms with Crippen LogP contribution in [0.2, 0.25) is 5.02 Å². The normalized spacial score (nSPS) is 11.5. The van der Waals surface area contributed by atoms with Crippen molar-refractivity contribution in [2.75, 3.05) is 18.9 Å². The number of sulfonamides is 1. The van der Waals surface area contributed by atoms with Crippen molar-refractivity contribution >= 4 is 33.0 Å². The number of aryl methyl sites for hydroxylation is 1. The molecule has 0 aliphatic rings. The molecule has 0 radical (unpaired) electrons. The fourth-order valence-electron chi connectivity index (χ4n) is 3.26. The topological polar surface area (TPSA) is 81.9 Å². The fraction of sp³-hybridized carbons (Fsp3) is 0.136. The molecule has 9 heteroatoms. The molecule has 0 saturated carbocycles. The summed E-state index contributed by atoms with van der Waals surface area (Å²) >= 11 is 6.10. The molecule has 0 fully saturated rings. The molecule has 0 unspecified atom stereocenters. The van der Waals surface area contributed by atoms with Crippen molar-refractivity contribution in [2.24, 2.45) is 0 Å². The zero-order chi connectivity index (χ0) is 22.2. The predicted octanol–water partition coefficient (Wildman–Crippen LogP) is 4.78. The Kier molecular flexibility index (Phi) is 5.51. The van der Waals surface area contributed by atoms with Crippen molar-refractivity contribution in [2.45, 2.75) is 11.8 Å². The third-order valence-electron chi connectivity index (χ3n) is 4.85. The Hall–Kier alpha value is -3.23. The summed E-state index contributed by atoms with van der Waals surface area (Å²) in [5.41, 5.74) is 3.63. The zero-order valence-electron chi connectivity index (χ0n) is 17.1. The smallest absolute Gasteiger partial charge is 0.262 e. The summed E-state index contributed by atoms with van der Waals surface area (Å²) in [7, 11) is -0.979. The summed E-state index contributed by atoms with van der Waals surface area (Å²) in [4.78, 5) is 4.69. The van der Waals surface area contributed by atoms with E-state index in [-0.39, 0.29) is 9.92 Å². The molecule has 0 aliphatic carbocycles. The van der Waals surface area contributed by atoms with Crippen LogP contribution in [-0.2, 0) is 10.0 Å². The minimum atomic E-state index is -3.92. The highest BCUT2D eigenvalue weighted by atomic mass is 35.5. The van der Waals surface area contributed by atoms with Crippen LogP contribution in [0.3, 0.4) is 0 Å². The van der Waals surface area contributed by atoms with Gasteiger partial charge in [-0.1, -0.05) is 17.7 Å². The van der Waals surface area contributed by atoms with Crippen LogP contribution in [0.4, 0.5) is 5.69 Å². The van der Waals surface area contributed by atoms with E-state index in [0.29, 0.717) is 22.9 Å². The number of halogens is 1. The molecule has 2 heterocycles. The summed E-state index contributed by atoms with van der Waals surface area (Å²) < 4.78 is 40.9. The first-order chi connectivity index (χ1) is 14.8. The minimum absolute atomic E-state index is 0.00844. The van der Waals surface area contributed by atoms with Gasteiger partial charge in [-0.2, -0.15) is 0 Å². The van der Waals surface area contributed by atoms with Gasteiger partial charge in [0.2, 0.25) is 0 Å². The highest BCUT2D eigenvalue weighted by Crippen LogP contribution is 2.33. The van der Waals surface area contributed by atoms with Gasteiger partial charge in [0.05, 0.1) is 35.5 Å². The van der Waals surface area contributed by atoms with Gasteiger partial charge >= 0.3 is 0 Å². The number of imidazole rings is 1. The molecule has 0 amide bonds. The first-order valence-corrected chi connectivity index (χ1v) is 11.2. The van der Waals surface area contributed by atoms with Crippen molar-refractivity contribution in [3.05, 3.63) is 71.5 Å². The minimum Gasteiger partial charge on any atom is -0.495 e. The van der Waals surface area contributed by atoms with Gasteiger partial charge in [0.15, 0.2) is 0 Å². The second kappa shape index (κ2) is 8.13. The van der Waals surface area contributed by atoms with Gasteiger partial charge in [-0.3, -0.25) is 4.72 Å². The molecular weight excluding hydrogens is 438 g/mol. The van der Waals surface area contributed by atoms with Gasteiger partial charge in [0.25, 0.3) is 10.0 Å². The van der Waals surface area contributed by atoms with E-state index in [0.717, 1.165) is 16.8 Å². The molecule has 4 aromatic rings. The molecule has 160 valence electrons. The number of benzene rings is 2. The Morgan fingerprint density at radius 2 is 1.77 bits per heavy atom. The molecule has 2 aromatic carbocycles. The van der Waals surface area contributed by atoms with E-state index >= 15 is 0 Å². The summed E-state index contributed by atoms with van der Waals surface area (Å²) in [6.45, 7) is 1.99. The lowest BCUT2D eigenvalue weighted by Gasteiger charge is -2.14. The number of fused-ring (bicyclic) bond motifs is 1. The average molecular weight is 458 g/mol. The molecule has 0 spiro atoms. The van der Waals surface area contributed by atoms with Crippen LogP contribution in [0, 0.1) is 6.92 Å². The SMILES string of the molecule is COc1ccc(S(=O)(=O)Nc2cc(-c3cn4cccc(C)c4n3)ccc2OC)cc1Cl. The maximum Gasteiger partial charge on any atom is 0.262 e. The van der Waals surface area contributed by atoms with Crippen LogP contribution >= 0.6 is 11.6 Å². The second-order valence-corrected chi connectivity index (χ2v) is 8.95. The largest absolute Gasteiger partial charge is 0.495 e. The van der Waals surface area contributed by atoms with Crippen molar-refractivity contribution in [1.82, 2.24) is 9.38 Å². The number of anilines is 1. The predicted molar refractivity (Wildman–Crippen MR) is 121 cm³/mol. The molecule has 0 bridgehead atoms. The van der Waals surface area contributed by atoms with Crippen molar-refractivity contribution in [1.29, 1.82) is 0 Å². The molecule has 7 nitrogen and oxygen atoms in total. The number of nitrogens with one attached hydrogen (secondary N) is 1. The lowest BCUT2D eigenvalue weighted by Crippen LogP contribution is -2.14. The van der Waals surface area contributed by atoms with Gasteiger partial charge in [0, 0.05) is 18.0 Å². The first-order valence-electron chi connectivity index (χ1n) is 9.31. The lowest BCUT2D eigenvalue weighted by molar-refractivity contribution is 0.414. The Morgan fingerprint density at radius 1 is 1.03 bits per heavy atom. The Morgan fingerprint density at radius 3 is 2.45 bits per heavy atom. The number of hydrogen-bond donors (Lipinski definition) is 1. The number of nitrogens with zero attached hydrogens (tertiary/aromatic N) is 2. The Bertz CT molecular complexity index is 1380. The van der Waals surface area contributed by atoms with E-state index in [1.807, 2.05) is 41.9 Å². The van der Waals surface area contributed by atoms with Crippen LogP contribution in [0.5, 0.6) is 11.5 Å². The van der Waals surface area contributed by atoms with Gasteiger partial charge < -0.3 is 13.9 Å². The van der Waals surface area contributed by atoms with Gasteiger partial charge in [0.1, 0.15) is 17.1 Å². The number of hydrogen-bond acceptors (Lipinski definition) is 5. The summed E-state index contributed by atoms with van der Waals surface area (Å²) in [5.74, 6) is 0.772. The van der Waals surface area contributed by atoms with E-state index in [1.54, 1.807) is 12.1 Å². The van der Waals surface area contributed by atoms with E-state index in [9.17, 15) is 8.42 Å². The average Bonchev–Trinajstić information content (AvgIpc) is 3.19. The third-order valence-corrected chi connectivity index (χ3v) is 6.51. The van der Waals surface area contributed by atoms with E-state index in [2.05, 4.69) is 9.71 Å². The maximum absolute atomic E-state index is 13.0. The fourth-order valence-corrected chi connectivity index (χ4v) is 4.67. The van der Waals surface area contributed by atoms with E-state index in [4.69, 9.17) is 21.1 Å². The summed E-state index contributed by atoms with van der Waals surface area (Å²) in [6.07, 6.45) is 3.81. The highest BCUT2D eigenvalue weighted by molar-refractivity contribution is 7.92. The third kappa shape index (κ3) is 4.04. The second-order valence-electron chi connectivity index (χ2n) is 6.87. The van der Waals surface area contributed by atoms with Crippen molar-refractivity contribution in [3.8, 4) is 22.8 Å². The first kappa shape index (κ1) is 21.0. The zero-order valence-corrected chi connectivity index (χ0v) is 18.7. The van der Waals surface area contributed by atoms with Crippen LogP contribution < -0.4 is 14.2 Å². The number of methoxy groups -OCH3 is 2. The highest BCUT2D eigenvalue weighted by Gasteiger charge is 2.19. The summed E-state index contributed by atoms with van der Waals surface area (Å²) in [5, 5.41) is 0.200. The molecule has 2 aromatic heterocycles. The standard InChI is InChI=1S/C22H20ClN3O4S/c1-14-5-4-10-26-13-19(24-22(14)26)15-6-8-21(30-3)18(11-15)25-31(27,28)16-7-9-20(29-2)17(23)12-16/h4-13,25H,1-3H3. The molecule has 0 aliphatic heterocycles. The monoisotopic (exact) mass is 457 g/mol. The number of ether oxygens (including phenoxy) is 2. The van der Waals surface area contributed by atoms with Crippen molar-refractivity contribution < 1.29 is 17.9 Å². The quantitative estimate of drug-likeness (QED) is 0.450. The Balaban J connectivity index is 1.74. The van der Waals surface area contributed by atoms with Crippen LogP contribution in [0.25, 0.3) is 16.9 Å². The lowest BCUT2D eigenvalue weighted by atomic mass is 10.1. The maximum atomic E-state index is 13.0. The Labute approximate surface area is 185 Å². The molecule has 0 atom stereocenters. The summed E-state index contributed by atoms with van der Waals surface area (Å²) in [6, 6.07) is 13.4. The molecule has 1 N–H and O–H groups in total. The van der Waals surface area contributed by atoms with Gasteiger partial charge in [-0.25, -0.2) is 13.4 Å². The van der Waals surface area contributed by atoms with Crippen molar-refractivity contribution in [3.63, 3.8) is 0 Å². The van der Waals surface area contributed by atoms with E-state index in [1.165, 1.54) is 32.4 Å². The van der Waals surface area contributed by atoms with Gasteiger partial charge in [-0.05, 0) is 55.0 Å². The number of rotatable bonds is 6. The van der Waals surface area contributed by atoms with Gasteiger partial charge in [-0.15, -0.1) is 0 Å². The molecule has 31 heavy (non-hydrogen) atoms. The van der Waals surface area contributed by atoms with E-state index < -0.39 is 10.0 Å². The molecule has 4 rings (SSSR count).